The molecule has 2 aromatic rings. The minimum absolute atomic E-state index is 0.0452. The minimum Gasteiger partial charge on any atom is -0.338 e. The van der Waals surface area contributed by atoms with Crippen LogP contribution in [0.1, 0.15) is 49.1 Å². The lowest BCUT2D eigenvalue weighted by molar-refractivity contribution is -0.109. The van der Waals surface area contributed by atoms with E-state index in [-0.39, 0.29) is 11.9 Å². The summed E-state index contributed by atoms with van der Waals surface area (Å²) in [5, 5.41) is 3.48. The molecular formula is C23H28NO3+. The second kappa shape index (κ2) is 9.47. The molecule has 0 radical (unpaired) electrons. The van der Waals surface area contributed by atoms with Gasteiger partial charge in [0.05, 0.1) is 5.92 Å². The van der Waals surface area contributed by atoms with Gasteiger partial charge in [-0.1, -0.05) is 79.9 Å². The third-order valence-electron chi connectivity index (χ3n) is 5.39. The summed E-state index contributed by atoms with van der Waals surface area (Å²) >= 11 is 0. The van der Waals surface area contributed by atoms with Crippen LogP contribution in [0.3, 0.4) is 0 Å². The summed E-state index contributed by atoms with van der Waals surface area (Å²) in [4.78, 5) is 22.4. The van der Waals surface area contributed by atoms with Crippen LogP contribution in [-0.4, -0.2) is 29.1 Å². The highest BCUT2D eigenvalue weighted by Crippen LogP contribution is 2.30. The van der Waals surface area contributed by atoms with Gasteiger partial charge in [-0.2, -0.15) is 0 Å². The third kappa shape index (κ3) is 5.04. The summed E-state index contributed by atoms with van der Waals surface area (Å²) in [5.74, 6) is -0.198. The van der Waals surface area contributed by atoms with Gasteiger partial charge < -0.3 is 14.3 Å². The fourth-order valence-electron chi connectivity index (χ4n) is 3.74. The van der Waals surface area contributed by atoms with E-state index in [1.807, 2.05) is 60.7 Å². The zero-order valence-corrected chi connectivity index (χ0v) is 15.6. The summed E-state index contributed by atoms with van der Waals surface area (Å²) in [5.41, 5.74) is 1.42. The van der Waals surface area contributed by atoms with Crippen LogP contribution < -0.4 is 5.32 Å². The van der Waals surface area contributed by atoms with Crippen LogP contribution in [0.15, 0.2) is 60.7 Å². The molecular weight excluding hydrogens is 338 g/mol. The molecule has 27 heavy (non-hydrogen) atoms. The largest absolute Gasteiger partial charge is 0.504 e. The van der Waals surface area contributed by atoms with Crippen LogP contribution >= 0.6 is 0 Å². The van der Waals surface area contributed by atoms with Crippen molar-refractivity contribution in [1.82, 2.24) is 5.32 Å². The maximum absolute atomic E-state index is 11.6. The van der Waals surface area contributed by atoms with Gasteiger partial charge in [-0.05, 0) is 18.4 Å². The molecule has 1 saturated carbocycles. The Labute approximate surface area is 160 Å². The van der Waals surface area contributed by atoms with E-state index in [2.05, 4.69) is 5.32 Å². The lowest BCUT2D eigenvalue weighted by Gasteiger charge is -2.32. The molecule has 0 saturated heterocycles. The van der Waals surface area contributed by atoms with Crippen LogP contribution in [0, 0.1) is 0 Å². The number of rotatable bonds is 8. The van der Waals surface area contributed by atoms with Crippen molar-refractivity contribution in [1.29, 1.82) is 0 Å². The molecule has 1 unspecified atom stereocenters. The zero-order valence-electron chi connectivity index (χ0n) is 15.6. The summed E-state index contributed by atoms with van der Waals surface area (Å²) < 4.78 is 5.76. The molecule has 0 aliphatic heterocycles. The molecule has 1 fully saturated rings. The molecule has 1 aliphatic carbocycles. The number of ether oxygens (including phenoxy) is 1. The van der Waals surface area contributed by atoms with E-state index in [0.29, 0.717) is 13.2 Å². The Morgan fingerprint density at radius 2 is 1.67 bits per heavy atom. The van der Waals surface area contributed by atoms with Crippen LogP contribution in [0.5, 0.6) is 0 Å². The molecule has 142 valence electrons. The van der Waals surface area contributed by atoms with Crippen LogP contribution in [0.2, 0.25) is 0 Å². The quantitative estimate of drug-likeness (QED) is 0.437. The molecule has 2 aromatic carbocycles. The number of esters is 1. The fourth-order valence-corrected chi connectivity index (χ4v) is 3.74. The first-order valence-electron chi connectivity index (χ1n) is 9.72. The molecule has 2 N–H and O–H groups in total. The summed E-state index contributed by atoms with van der Waals surface area (Å²) in [7, 11) is 0. The van der Waals surface area contributed by atoms with Crippen molar-refractivity contribution in [2.45, 2.75) is 50.2 Å². The first-order valence-corrected chi connectivity index (χ1v) is 9.72. The van der Waals surface area contributed by atoms with E-state index < -0.39 is 5.54 Å². The van der Waals surface area contributed by atoms with Gasteiger partial charge in [-0.25, -0.2) is 0 Å². The highest BCUT2D eigenvalue weighted by atomic mass is 16.5. The highest BCUT2D eigenvalue weighted by molar-refractivity contribution is 5.82. The highest BCUT2D eigenvalue weighted by Gasteiger charge is 2.46. The van der Waals surface area contributed by atoms with Crippen molar-refractivity contribution in [3.8, 4) is 0 Å². The molecule has 0 amide bonds. The van der Waals surface area contributed by atoms with E-state index in [9.17, 15) is 9.59 Å². The second-order valence-corrected chi connectivity index (χ2v) is 7.26. The van der Waals surface area contributed by atoms with Gasteiger partial charge in [0.1, 0.15) is 6.29 Å². The summed E-state index contributed by atoms with van der Waals surface area (Å²) in [6.07, 6.45) is 5.82. The van der Waals surface area contributed by atoms with E-state index in [0.717, 1.165) is 49.5 Å². The van der Waals surface area contributed by atoms with Gasteiger partial charge >= 0.3 is 5.97 Å². The Bertz CT molecular complexity index is 724. The normalized spacial score (nSPS) is 17.0. The van der Waals surface area contributed by atoms with Gasteiger partial charge in [0.25, 0.3) is 0 Å². The lowest BCUT2D eigenvalue weighted by atomic mass is 9.81. The molecule has 4 heteroatoms. The van der Waals surface area contributed by atoms with Crippen molar-refractivity contribution in [3.63, 3.8) is 0 Å². The standard InChI is InChI=1S/C23H27NO3/c25-17-21(20-12-6-2-7-13-20)16-24-23(14-8-3-9-15-23)22(26)27-18-19-10-4-1-5-11-19/h1-2,4-7,10-13,17,21,24H,3,8-9,14-16,18H2/p+1. The van der Waals surface area contributed by atoms with Gasteiger partial charge in [0.15, 0.2) is 5.54 Å². The molecule has 0 aromatic heterocycles. The maximum atomic E-state index is 11.6. The Morgan fingerprint density at radius 1 is 1.04 bits per heavy atom. The number of nitrogens with one attached hydrogen (secondary N) is 1. The minimum atomic E-state index is -0.580. The Hall–Kier alpha value is -2.46. The summed E-state index contributed by atoms with van der Waals surface area (Å²) in [6.45, 7) is 0.818. The maximum Gasteiger partial charge on any atom is 0.504 e. The fraction of sp³-hybridized carbons (Fsp3) is 0.391. The van der Waals surface area contributed by atoms with Crippen molar-refractivity contribution in [2.24, 2.45) is 0 Å². The van der Waals surface area contributed by atoms with Gasteiger partial charge in [-0.3, -0.25) is 5.32 Å². The molecule has 1 aliphatic rings. The van der Waals surface area contributed by atoms with E-state index in [4.69, 9.17) is 4.74 Å². The average molecular weight is 366 g/mol. The van der Waals surface area contributed by atoms with Crippen molar-refractivity contribution < 1.29 is 14.3 Å². The van der Waals surface area contributed by atoms with E-state index >= 15 is 0 Å². The van der Waals surface area contributed by atoms with Gasteiger partial charge in [-0.15, -0.1) is 0 Å². The molecule has 4 nitrogen and oxygen atoms in total. The second-order valence-electron chi connectivity index (χ2n) is 7.26. The zero-order chi connectivity index (χ0) is 19.0. The third-order valence-corrected chi connectivity index (χ3v) is 5.39. The van der Waals surface area contributed by atoms with E-state index in [1.54, 1.807) is 0 Å². The van der Waals surface area contributed by atoms with Gasteiger partial charge in [0, 0.05) is 12.1 Å². The number of carbonyl (C=O) groups is 1. The molecule has 0 heterocycles. The van der Waals surface area contributed by atoms with E-state index in [1.165, 1.54) is 0 Å². The Balaban J connectivity index is 1.66. The van der Waals surface area contributed by atoms with Crippen molar-refractivity contribution >= 4 is 12.3 Å². The monoisotopic (exact) mass is 366 g/mol. The number of carbonyl (C=O) groups excluding carboxylic acids is 2. The predicted molar refractivity (Wildman–Crippen MR) is 107 cm³/mol. The van der Waals surface area contributed by atoms with Crippen LogP contribution in [0.4, 0.5) is 0 Å². The van der Waals surface area contributed by atoms with Crippen molar-refractivity contribution in [2.75, 3.05) is 6.54 Å². The molecule has 3 rings (SSSR count). The molecule has 0 bridgehead atoms. The first-order chi connectivity index (χ1) is 13.2. The average Bonchev–Trinajstić information content (AvgIpc) is 2.74. The van der Waals surface area contributed by atoms with Crippen LogP contribution in [0.25, 0.3) is 0 Å². The Morgan fingerprint density at radius 3 is 2.30 bits per heavy atom. The SMILES string of the molecule is O=CC(CNC1(C(=[OH+])OCc2ccccc2)CCCCC1)c1ccccc1. The van der Waals surface area contributed by atoms with Crippen LogP contribution in [-0.2, 0) is 16.1 Å². The van der Waals surface area contributed by atoms with Crippen molar-refractivity contribution in [3.05, 3.63) is 71.8 Å². The predicted octanol–water partition coefficient (Wildman–Crippen LogP) is 3.98. The van der Waals surface area contributed by atoms with Gasteiger partial charge in [0.2, 0.25) is 6.61 Å². The smallest absolute Gasteiger partial charge is 0.338 e. The number of hydrogen-bond donors (Lipinski definition) is 1. The number of hydrogen-bond acceptors (Lipinski definition) is 3. The Kier molecular flexibility index (Phi) is 6.77. The molecule has 0 spiro atoms. The molecule has 1 atom stereocenters. The number of benzene rings is 2. The first kappa shape index (κ1) is 19.3. The lowest BCUT2D eigenvalue weighted by Crippen LogP contribution is -2.55. The summed E-state index contributed by atoms with van der Waals surface area (Å²) in [6, 6.07) is 19.6. The topological polar surface area (TPSA) is 59.7 Å². The number of aldehydes is 1.